The van der Waals surface area contributed by atoms with Crippen LogP contribution in [0.5, 0.6) is 0 Å². The first-order chi connectivity index (χ1) is 11.6. The minimum absolute atomic E-state index is 0.0440. The summed E-state index contributed by atoms with van der Waals surface area (Å²) in [5, 5.41) is 0. The molecule has 7 heteroatoms. The average molecular weight is 385 g/mol. The number of aryl methyl sites for hydroxylation is 1. The molecule has 0 atom stereocenters. The third-order valence-electron chi connectivity index (χ3n) is 4.09. The molecule has 2 rings (SSSR count). The van der Waals surface area contributed by atoms with Gasteiger partial charge in [-0.05, 0) is 25.5 Å². The zero-order chi connectivity index (χ0) is 18.7. The number of hydrogen-bond acceptors (Lipinski definition) is 4. The molecule has 5 nitrogen and oxygen atoms in total. The van der Waals surface area contributed by atoms with E-state index in [0.717, 1.165) is 5.56 Å². The van der Waals surface area contributed by atoms with E-state index in [0.29, 0.717) is 43.2 Å². The zero-order valence-electron chi connectivity index (χ0n) is 15.5. The van der Waals surface area contributed by atoms with Gasteiger partial charge in [0.05, 0.1) is 10.6 Å². The number of hydrogen-bond donors (Lipinski definition) is 0. The SMILES string of the molecule is Cc1ccc(S(=O)(=O)N2CCCN(C(=O)CSC(C)(C)C)CC2)cc1. The molecule has 0 unspecified atom stereocenters. The smallest absolute Gasteiger partial charge is 0.243 e. The van der Waals surface area contributed by atoms with Gasteiger partial charge in [-0.2, -0.15) is 4.31 Å². The van der Waals surface area contributed by atoms with Gasteiger partial charge >= 0.3 is 0 Å². The summed E-state index contributed by atoms with van der Waals surface area (Å²) in [7, 11) is -3.50. The molecule has 140 valence electrons. The van der Waals surface area contributed by atoms with Crippen molar-refractivity contribution in [1.29, 1.82) is 0 Å². The fourth-order valence-corrected chi connectivity index (χ4v) is 4.82. The summed E-state index contributed by atoms with van der Waals surface area (Å²) >= 11 is 1.62. The topological polar surface area (TPSA) is 57.7 Å². The maximum Gasteiger partial charge on any atom is 0.243 e. The van der Waals surface area contributed by atoms with E-state index in [-0.39, 0.29) is 10.7 Å². The predicted octanol–water partition coefficient (Wildman–Crippen LogP) is 2.75. The van der Waals surface area contributed by atoms with Crippen molar-refractivity contribution in [2.75, 3.05) is 31.9 Å². The minimum atomic E-state index is -3.50. The lowest BCUT2D eigenvalue weighted by Crippen LogP contribution is -2.38. The second-order valence-electron chi connectivity index (χ2n) is 7.35. The first-order valence-corrected chi connectivity index (χ1v) is 11.0. The number of rotatable bonds is 4. The van der Waals surface area contributed by atoms with Gasteiger partial charge in [0.2, 0.25) is 15.9 Å². The average Bonchev–Trinajstić information content (AvgIpc) is 2.79. The van der Waals surface area contributed by atoms with Gasteiger partial charge in [0, 0.05) is 30.9 Å². The van der Waals surface area contributed by atoms with Gasteiger partial charge in [-0.3, -0.25) is 4.79 Å². The predicted molar refractivity (Wildman–Crippen MR) is 103 cm³/mol. The number of carbonyl (C=O) groups is 1. The third-order valence-corrected chi connectivity index (χ3v) is 7.27. The van der Waals surface area contributed by atoms with Crippen molar-refractivity contribution >= 4 is 27.7 Å². The van der Waals surface area contributed by atoms with Crippen LogP contribution >= 0.6 is 11.8 Å². The zero-order valence-corrected chi connectivity index (χ0v) is 17.1. The fraction of sp³-hybridized carbons (Fsp3) is 0.611. The van der Waals surface area contributed by atoms with Crippen molar-refractivity contribution in [3.05, 3.63) is 29.8 Å². The first-order valence-electron chi connectivity index (χ1n) is 8.58. The number of sulfonamides is 1. The van der Waals surface area contributed by atoms with E-state index in [2.05, 4.69) is 20.8 Å². The molecule has 1 aliphatic rings. The van der Waals surface area contributed by atoms with Crippen LogP contribution in [0.4, 0.5) is 0 Å². The lowest BCUT2D eigenvalue weighted by atomic mass is 10.2. The summed E-state index contributed by atoms with van der Waals surface area (Å²) < 4.78 is 27.2. The van der Waals surface area contributed by atoms with Crippen LogP contribution in [0, 0.1) is 6.92 Å². The largest absolute Gasteiger partial charge is 0.341 e. The molecule has 0 spiro atoms. The number of carbonyl (C=O) groups excluding carboxylic acids is 1. The van der Waals surface area contributed by atoms with Gasteiger partial charge in [-0.15, -0.1) is 11.8 Å². The molecule has 0 saturated carbocycles. The lowest BCUT2D eigenvalue weighted by molar-refractivity contribution is -0.128. The highest BCUT2D eigenvalue weighted by Gasteiger charge is 2.28. The maximum absolute atomic E-state index is 12.8. The van der Waals surface area contributed by atoms with Crippen molar-refractivity contribution < 1.29 is 13.2 Å². The summed E-state index contributed by atoms with van der Waals surface area (Å²) in [4.78, 5) is 14.5. The van der Waals surface area contributed by atoms with Gasteiger partial charge in [0.25, 0.3) is 0 Å². The molecule has 0 bridgehead atoms. The van der Waals surface area contributed by atoms with E-state index in [1.165, 1.54) is 4.31 Å². The van der Waals surface area contributed by atoms with E-state index >= 15 is 0 Å². The van der Waals surface area contributed by atoms with Crippen LogP contribution in [-0.2, 0) is 14.8 Å². The molecule has 1 aliphatic heterocycles. The Morgan fingerprint density at radius 1 is 1.08 bits per heavy atom. The molecule has 0 N–H and O–H groups in total. The van der Waals surface area contributed by atoms with Crippen molar-refractivity contribution in [2.45, 2.75) is 43.8 Å². The summed E-state index contributed by atoms with van der Waals surface area (Å²) in [5.41, 5.74) is 1.03. The Balaban J connectivity index is 2.01. The standard InChI is InChI=1S/C18H28N2O3S2/c1-15-6-8-16(9-7-15)25(22,23)20-11-5-10-19(12-13-20)17(21)14-24-18(2,3)4/h6-9H,5,10-14H2,1-4H3. The van der Waals surface area contributed by atoms with Gasteiger partial charge in [-0.1, -0.05) is 38.5 Å². The van der Waals surface area contributed by atoms with Crippen LogP contribution in [-0.4, -0.2) is 60.2 Å². The maximum atomic E-state index is 12.8. The van der Waals surface area contributed by atoms with E-state index in [9.17, 15) is 13.2 Å². The molecule has 1 aromatic rings. The number of benzene rings is 1. The van der Waals surface area contributed by atoms with Crippen molar-refractivity contribution in [1.82, 2.24) is 9.21 Å². The quantitative estimate of drug-likeness (QED) is 0.801. The first kappa shape index (κ1) is 20.3. The van der Waals surface area contributed by atoms with Crippen LogP contribution in [0.15, 0.2) is 29.2 Å². The number of amides is 1. The van der Waals surface area contributed by atoms with Crippen LogP contribution in [0.1, 0.15) is 32.8 Å². The van der Waals surface area contributed by atoms with E-state index in [1.54, 1.807) is 28.8 Å². The highest BCUT2D eigenvalue weighted by Crippen LogP contribution is 2.24. The summed E-state index contributed by atoms with van der Waals surface area (Å²) in [5.74, 6) is 0.531. The van der Waals surface area contributed by atoms with Crippen LogP contribution < -0.4 is 0 Å². The normalized spacial score (nSPS) is 17.4. The summed E-state index contributed by atoms with van der Waals surface area (Å²) in [6, 6.07) is 6.92. The van der Waals surface area contributed by atoms with E-state index in [1.807, 2.05) is 19.1 Å². The van der Waals surface area contributed by atoms with Gasteiger partial charge in [0.1, 0.15) is 0 Å². The Morgan fingerprint density at radius 2 is 1.72 bits per heavy atom. The molecule has 0 aromatic heterocycles. The Hall–Kier alpha value is -1.05. The Kier molecular flexibility index (Phi) is 6.56. The Morgan fingerprint density at radius 3 is 2.32 bits per heavy atom. The minimum Gasteiger partial charge on any atom is -0.341 e. The number of nitrogens with zero attached hydrogens (tertiary/aromatic N) is 2. The third kappa shape index (κ3) is 5.72. The van der Waals surface area contributed by atoms with Crippen molar-refractivity contribution in [3.63, 3.8) is 0 Å². The van der Waals surface area contributed by atoms with Crippen molar-refractivity contribution in [2.24, 2.45) is 0 Å². The second-order valence-corrected chi connectivity index (χ2v) is 11.1. The molecule has 1 aromatic carbocycles. The molecular weight excluding hydrogens is 356 g/mol. The Labute approximate surface area is 155 Å². The van der Waals surface area contributed by atoms with Crippen LogP contribution in [0.3, 0.4) is 0 Å². The molecule has 25 heavy (non-hydrogen) atoms. The van der Waals surface area contributed by atoms with E-state index in [4.69, 9.17) is 0 Å². The second kappa shape index (κ2) is 8.10. The lowest BCUT2D eigenvalue weighted by Gasteiger charge is -2.24. The molecule has 1 amide bonds. The molecule has 0 aliphatic carbocycles. The molecule has 1 heterocycles. The summed E-state index contributed by atoms with van der Waals surface area (Å²) in [6.45, 7) is 10.1. The van der Waals surface area contributed by atoms with Crippen molar-refractivity contribution in [3.8, 4) is 0 Å². The Bertz CT molecular complexity index is 694. The van der Waals surface area contributed by atoms with Gasteiger partial charge in [0.15, 0.2) is 0 Å². The monoisotopic (exact) mass is 384 g/mol. The molecule has 1 saturated heterocycles. The molecular formula is C18H28N2O3S2. The highest BCUT2D eigenvalue weighted by molar-refractivity contribution is 8.01. The van der Waals surface area contributed by atoms with E-state index < -0.39 is 10.0 Å². The van der Waals surface area contributed by atoms with Crippen LogP contribution in [0.25, 0.3) is 0 Å². The number of thioether (sulfide) groups is 1. The highest BCUT2D eigenvalue weighted by atomic mass is 32.2. The molecule has 1 fully saturated rings. The molecule has 0 radical (unpaired) electrons. The fourth-order valence-electron chi connectivity index (χ4n) is 2.61. The van der Waals surface area contributed by atoms with Crippen LogP contribution in [0.2, 0.25) is 0 Å². The van der Waals surface area contributed by atoms with Gasteiger partial charge < -0.3 is 4.90 Å². The van der Waals surface area contributed by atoms with Gasteiger partial charge in [-0.25, -0.2) is 8.42 Å². The summed E-state index contributed by atoms with van der Waals surface area (Å²) in [6.07, 6.45) is 0.664.